The number of aromatic nitrogens is 3. The van der Waals surface area contributed by atoms with Crippen molar-refractivity contribution >= 4 is 22.6 Å². The summed E-state index contributed by atoms with van der Waals surface area (Å²) in [6.45, 7) is 3.79. The van der Waals surface area contributed by atoms with Gasteiger partial charge >= 0.3 is 0 Å². The van der Waals surface area contributed by atoms with Crippen LogP contribution in [0.5, 0.6) is 0 Å². The summed E-state index contributed by atoms with van der Waals surface area (Å²) in [5.74, 6) is -0.593. The van der Waals surface area contributed by atoms with Crippen LogP contribution in [0.1, 0.15) is 19.9 Å². The molecule has 0 N–H and O–H groups in total. The SMILES string of the molecule is CC1(C)O[C@H]2O[C@H](CI)[C@H](n3ccnn3)[C@H]2O1. The highest BCUT2D eigenvalue weighted by molar-refractivity contribution is 14.1. The maximum Gasteiger partial charge on any atom is 0.189 e. The molecule has 0 unspecified atom stereocenters. The second-order valence-electron chi connectivity index (χ2n) is 4.67. The number of fused-ring (bicyclic) bond motifs is 1. The summed E-state index contributed by atoms with van der Waals surface area (Å²) in [7, 11) is 0. The van der Waals surface area contributed by atoms with Crippen molar-refractivity contribution in [3.63, 3.8) is 0 Å². The smallest absolute Gasteiger partial charge is 0.189 e. The van der Waals surface area contributed by atoms with Crippen LogP contribution in [-0.2, 0) is 14.2 Å². The predicted octanol–water partition coefficient (Wildman–Crippen LogP) is 1.13. The Balaban J connectivity index is 1.89. The molecule has 2 aliphatic heterocycles. The molecule has 2 fully saturated rings. The minimum atomic E-state index is -0.593. The minimum absolute atomic E-state index is 0.0289. The first kappa shape index (κ1) is 11.8. The Morgan fingerprint density at radius 1 is 1.41 bits per heavy atom. The summed E-state index contributed by atoms with van der Waals surface area (Å²) in [4.78, 5) is 0. The lowest BCUT2D eigenvalue weighted by Gasteiger charge is -2.24. The number of halogens is 1. The van der Waals surface area contributed by atoms with Crippen molar-refractivity contribution < 1.29 is 14.2 Å². The third-order valence-corrected chi connectivity index (χ3v) is 3.88. The molecule has 2 aliphatic rings. The van der Waals surface area contributed by atoms with Crippen LogP contribution in [0.25, 0.3) is 0 Å². The average Bonchev–Trinajstić information content (AvgIpc) is 2.90. The van der Waals surface area contributed by atoms with E-state index in [0.717, 1.165) is 4.43 Å². The Bertz CT molecular complexity index is 398. The molecule has 3 heterocycles. The minimum Gasteiger partial charge on any atom is -0.343 e. The molecule has 0 aliphatic carbocycles. The number of rotatable bonds is 2. The van der Waals surface area contributed by atoms with Gasteiger partial charge in [0.25, 0.3) is 0 Å². The van der Waals surface area contributed by atoms with Crippen LogP contribution in [0.3, 0.4) is 0 Å². The normalized spacial score (nSPS) is 39.5. The van der Waals surface area contributed by atoms with E-state index < -0.39 is 5.79 Å². The summed E-state index contributed by atoms with van der Waals surface area (Å²) >= 11 is 2.30. The fourth-order valence-corrected chi connectivity index (χ4v) is 3.11. The Morgan fingerprint density at radius 3 is 2.88 bits per heavy atom. The van der Waals surface area contributed by atoms with Gasteiger partial charge in [-0.15, -0.1) is 5.10 Å². The first-order chi connectivity index (χ1) is 8.11. The maximum absolute atomic E-state index is 5.90. The molecule has 0 saturated carbocycles. The molecule has 0 aromatic carbocycles. The Hall–Kier alpha value is -0.250. The van der Waals surface area contributed by atoms with E-state index in [1.807, 2.05) is 20.0 Å². The topological polar surface area (TPSA) is 58.4 Å². The molecular formula is C10H14IN3O3. The molecule has 6 nitrogen and oxygen atoms in total. The van der Waals surface area contributed by atoms with Crippen LogP contribution in [0.4, 0.5) is 0 Å². The molecule has 1 aromatic rings. The number of hydrogen-bond donors (Lipinski definition) is 0. The lowest BCUT2D eigenvalue weighted by Crippen LogP contribution is -2.33. The van der Waals surface area contributed by atoms with E-state index in [1.54, 1.807) is 10.9 Å². The van der Waals surface area contributed by atoms with Crippen molar-refractivity contribution in [1.29, 1.82) is 0 Å². The van der Waals surface area contributed by atoms with Crippen molar-refractivity contribution in [2.24, 2.45) is 0 Å². The Morgan fingerprint density at radius 2 is 2.24 bits per heavy atom. The van der Waals surface area contributed by atoms with Gasteiger partial charge in [-0.3, -0.25) is 0 Å². The van der Waals surface area contributed by atoms with Gasteiger partial charge in [-0.05, 0) is 13.8 Å². The van der Waals surface area contributed by atoms with Gasteiger partial charge in [0.05, 0.1) is 12.3 Å². The molecule has 2 saturated heterocycles. The van der Waals surface area contributed by atoms with E-state index in [2.05, 4.69) is 32.9 Å². The fourth-order valence-electron chi connectivity index (χ4n) is 2.38. The second-order valence-corrected chi connectivity index (χ2v) is 5.55. The van der Waals surface area contributed by atoms with Crippen molar-refractivity contribution in [1.82, 2.24) is 15.0 Å². The number of alkyl halides is 1. The van der Waals surface area contributed by atoms with E-state index in [9.17, 15) is 0 Å². The third-order valence-electron chi connectivity index (χ3n) is 3.01. The fraction of sp³-hybridized carbons (Fsp3) is 0.800. The van der Waals surface area contributed by atoms with Crippen molar-refractivity contribution in [3.05, 3.63) is 12.4 Å². The van der Waals surface area contributed by atoms with Gasteiger partial charge in [-0.1, -0.05) is 27.8 Å². The highest BCUT2D eigenvalue weighted by Gasteiger charge is 2.55. The van der Waals surface area contributed by atoms with E-state index in [4.69, 9.17) is 14.2 Å². The summed E-state index contributed by atoms with van der Waals surface area (Å²) in [5.41, 5.74) is 0. The van der Waals surface area contributed by atoms with Gasteiger partial charge in [0.1, 0.15) is 12.1 Å². The molecule has 0 spiro atoms. The molecule has 3 rings (SSSR count). The first-order valence-corrected chi connectivity index (χ1v) is 7.06. The van der Waals surface area contributed by atoms with E-state index >= 15 is 0 Å². The van der Waals surface area contributed by atoms with Crippen molar-refractivity contribution in [2.75, 3.05) is 4.43 Å². The van der Waals surface area contributed by atoms with Crippen molar-refractivity contribution in [3.8, 4) is 0 Å². The van der Waals surface area contributed by atoms with Gasteiger partial charge in [-0.25, -0.2) is 4.68 Å². The van der Waals surface area contributed by atoms with Gasteiger partial charge in [0.15, 0.2) is 12.1 Å². The summed E-state index contributed by atoms with van der Waals surface area (Å²) in [6, 6.07) is 0.0289. The van der Waals surface area contributed by atoms with E-state index in [-0.39, 0.29) is 24.5 Å². The first-order valence-electron chi connectivity index (χ1n) is 5.53. The highest BCUT2D eigenvalue weighted by atomic mass is 127. The van der Waals surface area contributed by atoms with Gasteiger partial charge < -0.3 is 14.2 Å². The predicted molar refractivity (Wildman–Crippen MR) is 66.6 cm³/mol. The third kappa shape index (κ3) is 1.98. The number of ether oxygens (including phenoxy) is 3. The van der Waals surface area contributed by atoms with E-state index in [1.165, 1.54) is 0 Å². The van der Waals surface area contributed by atoms with Crippen LogP contribution < -0.4 is 0 Å². The van der Waals surface area contributed by atoms with Gasteiger partial charge in [0, 0.05) is 10.6 Å². The molecule has 17 heavy (non-hydrogen) atoms. The van der Waals surface area contributed by atoms with Gasteiger partial charge in [0.2, 0.25) is 0 Å². The number of nitrogens with zero attached hydrogens (tertiary/aromatic N) is 3. The summed E-state index contributed by atoms with van der Waals surface area (Å²) < 4.78 is 20.2. The molecule has 4 atom stereocenters. The zero-order valence-electron chi connectivity index (χ0n) is 9.62. The molecular weight excluding hydrogens is 337 g/mol. The summed E-state index contributed by atoms with van der Waals surface area (Å²) in [5, 5.41) is 7.90. The van der Waals surface area contributed by atoms with Crippen LogP contribution in [0.15, 0.2) is 12.4 Å². The van der Waals surface area contributed by atoms with Crippen LogP contribution >= 0.6 is 22.6 Å². The molecule has 7 heteroatoms. The average molecular weight is 351 g/mol. The lowest BCUT2D eigenvalue weighted by atomic mass is 10.1. The zero-order chi connectivity index (χ0) is 12.0. The quantitative estimate of drug-likeness (QED) is 0.591. The Kier molecular flexibility index (Phi) is 2.88. The van der Waals surface area contributed by atoms with Gasteiger partial charge in [-0.2, -0.15) is 0 Å². The number of hydrogen-bond acceptors (Lipinski definition) is 5. The lowest BCUT2D eigenvalue weighted by molar-refractivity contribution is -0.206. The van der Waals surface area contributed by atoms with Crippen LogP contribution in [0.2, 0.25) is 0 Å². The van der Waals surface area contributed by atoms with Crippen molar-refractivity contribution in [2.45, 2.75) is 44.2 Å². The van der Waals surface area contributed by atoms with Crippen LogP contribution in [-0.4, -0.2) is 43.7 Å². The highest BCUT2D eigenvalue weighted by Crippen LogP contribution is 2.43. The standard InChI is InChI=1S/C10H14IN3O3/c1-10(2)16-8-7(14-4-3-12-13-14)6(5-11)15-9(8)17-10/h3-4,6-9H,5H2,1-2H3/t6-,7+,8-,9-/m1/s1. The molecule has 1 aromatic heterocycles. The second kappa shape index (κ2) is 4.15. The molecule has 94 valence electrons. The maximum atomic E-state index is 5.90. The van der Waals surface area contributed by atoms with Crippen LogP contribution in [0, 0.1) is 0 Å². The summed E-state index contributed by atoms with van der Waals surface area (Å²) in [6.07, 6.45) is 3.12. The molecule has 0 bridgehead atoms. The molecule has 0 radical (unpaired) electrons. The molecule has 0 amide bonds. The monoisotopic (exact) mass is 351 g/mol. The Labute approximate surface area is 113 Å². The largest absolute Gasteiger partial charge is 0.343 e. The van der Waals surface area contributed by atoms with E-state index in [0.29, 0.717) is 0 Å². The zero-order valence-corrected chi connectivity index (χ0v) is 11.8.